The Morgan fingerprint density at radius 1 is 1.53 bits per heavy atom. The summed E-state index contributed by atoms with van der Waals surface area (Å²) < 4.78 is 5.49. The van der Waals surface area contributed by atoms with Crippen LogP contribution in [0.25, 0.3) is 0 Å². The molecule has 82 valence electrons. The van der Waals surface area contributed by atoms with Gasteiger partial charge >= 0.3 is 0 Å². The highest BCUT2D eigenvalue weighted by molar-refractivity contribution is 5.97. The standard InChI is InChI=1S/C11H17N3O/c1-3-4-7-15-11-9(10(12)13)6-5-8(2)14-11/h5-6H,3-4,7H2,1-2H3,(H3,12,13). The van der Waals surface area contributed by atoms with Crippen molar-refractivity contribution in [1.82, 2.24) is 4.98 Å². The summed E-state index contributed by atoms with van der Waals surface area (Å²) in [6, 6.07) is 3.59. The van der Waals surface area contributed by atoms with Gasteiger partial charge in [-0.15, -0.1) is 0 Å². The number of hydrogen-bond acceptors (Lipinski definition) is 3. The predicted molar refractivity (Wildman–Crippen MR) is 60.4 cm³/mol. The number of nitrogens with one attached hydrogen (secondary N) is 1. The first-order valence-electron chi connectivity index (χ1n) is 5.10. The monoisotopic (exact) mass is 207 g/mol. The lowest BCUT2D eigenvalue weighted by atomic mass is 10.2. The number of hydrogen-bond donors (Lipinski definition) is 2. The topological polar surface area (TPSA) is 72.0 Å². The van der Waals surface area contributed by atoms with Crippen molar-refractivity contribution in [2.24, 2.45) is 5.73 Å². The summed E-state index contributed by atoms with van der Waals surface area (Å²) in [7, 11) is 0. The number of nitrogens with zero attached hydrogens (tertiary/aromatic N) is 1. The molecule has 15 heavy (non-hydrogen) atoms. The zero-order chi connectivity index (χ0) is 11.3. The number of ether oxygens (including phenoxy) is 1. The molecule has 0 aliphatic heterocycles. The maximum Gasteiger partial charge on any atom is 0.224 e. The minimum atomic E-state index is -0.00556. The number of nitrogen functional groups attached to an aromatic ring is 1. The zero-order valence-electron chi connectivity index (χ0n) is 9.21. The van der Waals surface area contributed by atoms with Crippen LogP contribution < -0.4 is 10.5 Å². The maximum atomic E-state index is 7.38. The number of aromatic nitrogens is 1. The zero-order valence-corrected chi connectivity index (χ0v) is 9.21. The van der Waals surface area contributed by atoms with Crippen molar-refractivity contribution in [3.8, 4) is 5.88 Å². The van der Waals surface area contributed by atoms with E-state index in [0.29, 0.717) is 18.1 Å². The summed E-state index contributed by atoms with van der Waals surface area (Å²) in [6.07, 6.45) is 2.05. The van der Waals surface area contributed by atoms with Gasteiger partial charge in [0.1, 0.15) is 5.84 Å². The van der Waals surface area contributed by atoms with Crippen LogP contribution in [0.4, 0.5) is 0 Å². The molecule has 4 heteroatoms. The van der Waals surface area contributed by atoms with Crippen molar-refractivity contribution in [1.29, 1.82) is 5.41 Å². The van der Waals surface area contributed by atoms with Gasteiger partial charge in [-0.2, -0.15) is 0 Å². The molecule has 1 aromatic rings. The van der Waals surface area contributed by atoms with Crippen molar-refractivity contribution < 1.29 is 4.74 Å². The SMILES string of the molecule is CCCCOc1nc(C)ccc1C(=N)N. The van der Waals surface area contributed by atoms with E-state index in [2.05, 4.69) is 11.9 Å². The van der Waals surface area contributed by atoms with E-state index in [1.807, 2.05) is 13.0 Å². The Morgan fingerprint density at radius 2 is 2.27 bits per heavy atom. The third kappa shape index (κ3) is 3.23. The van der Waals surface area contributed by atoms with Crippen molar-refractivity contribution in [2.45, 2.75) is 26.7 Å². The van der Waals surface area contributed by atoms with Crippen LogP contribution in [0.2, 0.25) is 0 Å². The summed E-state index contributed by atoms with van der Waals surface area (Å²) in [5.41, 5.74) is 6.87. The molecule has 1 rings (SSSR count). The van der Waals surface area contributed by atoms with Crippen LogP contribution in [0.1, 0.15) is 31.0 Å². The number of amidine groups is 1. The first-order valence-corrected chi connectivity index (χ1v) is 5.10. The normalized spacial score (nSPS) is 10.0. The molecule has 0 spiro atoms. The summed E-state index contributed by atoms with van der Waals surface area (Å²) in [4.78, 5) is 4.22. The molecular weight excluding hydrogens is 190 g/mol. The second-order valence-corrected chi connectivity index (χ2v) is 3.42. The smallest absolute Gasteiger partial charge is 0.224 e. The minimum absolute atomic E-state index is 0.00556. The third-order valence-electron chi connectivity index (χ3n) is 2.03. The molecule has 0 amide bonds. The van der Waals surface area contributed by atoms with E-state index in [4.69, 9.17) is 15.9 Å². The van der Waals surface area contributed by atoms with Gasteiger partial charge in [-0.1, -0.05) is 13.3 Å². The van der Waals surface area contributed by atoms with E-state index >= 15 is 0 Å². The number of pyridine rings is 1. The van der Waals surface area contributed by atoms with Gasteiger partial charge in [0.15, 0.2) is 0 Å². The average Bonchev–Trinajstić information content (AvgIpc) is 2.18. The lowest BCUT2D eigenvalue weighted by Gasteiger charge is -2.09. The van der Waals surface area contributed by atoms with Gasteiger partial charge in [-0.25, -0.2) is 4.98 Å². The minimum Gasteiger partial charge on any atom is -0.477 e. The van der Waals surface area contributed by atoms with E-state index in [1.54, 1.807) is 6.07 Å². The highest BCUT2D eigenvalue weighted by Crippen LogP contribution is 2.15. The maximum absolute atomic E-state index is 7.38. The van der Waals surface area contributed by atoms with Gasteiger partial charge in [0.2, 0.25) is 5.88 Å². The summed E-state index contributed by atoms with van der Waals surface area (Å²) in [6.45, 7) is 4.60. The fraction of sp³-hybridized carbons (Fsp3) is 0.455. The Hall–Kier alpha value is -1.58. The van der Waals surface area contributed by atoms with E-state index in [-0.39, 0.29) is 5.84 Å². The van der Waals surface area contributed by atoms with Gasteiger partial charge < -0.3 is 10.5 Å². The molecule has 1 aromatic heterocycles. The number of rotatable bonds is 5. The molecule has 0 aromatic carbocycles. The van der Waals surface area contributed by atoms with Gasteiger partial charge in [-0.3, -0.25) is 5.41 Å². The van der Waals surface area contributed by atoms with Crippen LogP contribution in [0.5, 0.6) is 5.88 Å². The van der Waals surface area contributed by atoms with Crippen LogP contribution in [0.15, 0.2) is 12.1 Å². The number of nitrogens with two attached hydrogens (primary N) is 1. The molecule has 0 saturated carbocycles. The molecule has 0 bridgehead atoms. The van der Waals surface area contributed by atoms with Gasteiger partial charge in [-0.05, 0) is 25.5 Å². The van der Waals surface area contributed by atoms with Gasteiger partial charge in [0, 0.05) is 5.69 Å². The highest BCUT2D eigenvalue weighted by Gasteiger charge is 2.08. The second kappa shape index (κ2) is 5.34. The van der Waals surface area contributed by atoms with E-state index < -0.39 is 0 Å². The van der Waals surface area contributed by atoms with Crippen LogP contribution in [-0.4, -0.2) is 17.4 Å². The summed E-state index contributed by atoms with van der Waals surface area (Å²) >= 11 is 0. The molecular formula is C11H17N3O. The van der Waals surface area contributed by atoms with Gasteiger partial charge in [0.05, 0.1) is 12.2 Å². The van der Waals surface area contributed by atoms with Crippen LogP contribution in [0, 0.1) is 12.3 Å². The fourth-order valence-electron chi connectivity index (χ4n) is 1.16. The van der Waals surface area contributed by atoms with Crippen molar-refractivity contribution >= 4 is 5.84 Å². The van der Waals surface area contributed by atoms with Gasteiger partial charge in [0.25, 0.3) is 0 Å². The Labute approximate surface area is 90.0 Å². The highest BCUT2D eigenvalue weighted by atomic mass is 16.5. The summed E-state index contributed by atoms with van der Waals surface area (Å²) in [5.74, 6) is 0.463. The summed E-state index contributed by atoms with van der Waals surface area (Å²) in [5, 5.41) is 7.38. The fourth-order valence-corrected chi connectivity index (χ4v) is 1.16. The predicted octanol–water partition coefficient (Wildman–Crippen LogP) is 1.85. The van der Waals surface area contributed by atoms with E-state index in [1.165, 1.54) is 0 Å². The number of aryl methyl sites for hydroxylation is 1. The van der Waals surface area contributed by atoms with Crippen molar-refractivity contribution in [3.05, 3.63) is 23.4 Å². The molecule has 3 N–H and O–H groups in total. The van der Waals surface area contributed by atoms with Crippen LogP contribution in [0.3, 0.4) is 0 Å². The average molecular weight is 207 g/mol. The lowest BCUT2D eigenvalue weighted by molar-refractivity contribution is 0.296. The van der Waals surface area contributed by atoms with Crippen molar-refractivity contribution in [2.75, 3.05) is 6.61 Å². The Balaban J connectivity index is 2.82. The molecule has 0 radical (unpaired) electrons. The van der Waals surface area contributed by atoms with Crippen LogP contribution >= 0.6 is 0 Å². The van der Waals surface area contributed by atoms with E-state index in [0.717, 1.165) is 18.5 Å². The molecule has 1 heterocycles. The molecule has 0 aliphatic carbocycles. The Morgan fingerprint density at radius 3 is 2.87 bits per heavy atom. The first kappa shape index (κ1) is 11.5. The van der Waals surface area contributed by atoms with E-state index in [9.17, 15) is 0 Å². The molecule has 0 fully saturated rings. The lowest BCUT2D eigenvalue weighted by Crippen LogP contribution is -2.14. The molecule has 4 nitrogen and oxygen atoms in total. The van der Waals surface area contributed by atoms with Crippen molar-refractivity contribution in [3.63, 3.8) is 0 Å². The largest absolute Gasteiger partial charge is 0.477 e. The first-order chi connectivity index (χ1) is 7.15. The Kier molecular flexibility index (Phi) is 4.09. The molecule has 0 saturated heterocycles. The number of unbranched alkanes of at least 4 members (excludes halogenated alkanes) is 1. The Bertz CT molecular complexity index is 350. The second-order valence-electron chi connectivity index (χ2n) is 3.42. The van der Waals surface area contributed by atoms with Crippen LogP contribution in [-0.2, 0) is 0 Å². The quantitative estimate of drug-likeness (QED) is 0.439. The molecule has 0 atom stereocenters. The molecule has 0 aliphatic rings. The third-order valence-corrected chi connectivity index (χ3v) is 2.03. The molecule has 0 unspecified atom stereocenters.